The van der Waals surface area contributed by atoms with Crippen LogP contribution in [-0.4, -0.2) is 44.9 Å². The third kappa shape index (κ3) is 1.88. The predicted molar refractivity (Wildman–Crippen MR) is 58.8 cm³/mol. The number of anilines is 1. The van der Waals surface area contributed by atoms with Crippen LogP contribution in [0, 0.1) is 0 Å². The van der Waals surface area contributed by atoms with Gasteiger partial charge in [-0.3, -0.25) is 9.48 Å². The molecule has 0 unspecified atom stereocenters. The van der Waals surface area contributed by atoms with Crippen LogP contribution in [-0.2, 0) is 7.05 Å². The molecule has 1 saturated heterocycles. The van der Waals surface area contributed by atoms with Crippen molar-refractivity contribution < 1.29 is 9.90 Å². The van der Waals surface area contributed by atoms with Gasteiger partial charge in [-0.15, -0.1) is 0 Å². The van der Waals surface area contributed by atoms with Gasteiger partial charge in [0.1, 0.15) is 5.69 Å². The summed E-state index contributed by atoms with van der Waals surface area (Å²) in [5.41, 5.74) is 6.47. The number of piperidine rings is 1. The second kappa shape index (κ2) is 4.13. The van der Waals surface area contributed by atoms with E-state index in [4.69, 9.17) is 5.73 Å². The molecule has 1 aromatic rings. The molecule has 0 spiro atoms. The number of nitrogens with two attached hydrogens (primary N) is 1. The van der Waals surface area contributed by atoms with Crippen LogP contribution in [0.4, 0.5) is 5.69 Å². The number of aromatic nitrogens is 2. The molecule has 1 fully saturated rings. The SMILES string of the molecule is Cn1ncc(N)c1C(=O)N1CCC[C@H](O)C1. The molecular formula is C10H16N4O2. The van der Waals surface area contributed by atoms with Crippen molar-refractivity contribution in [2.75, 3.05) is 18.8 Å². The standard InChI is InChI=1S/C10H16N4O2/c1-13-9(8(11)5-12-13)10(16)14-4-2-3-7(15)6-14/h5,7,15H,2-4,6,11H2,1H3/t7-/m0/s1. The van der Waals surface area contributed by atoms with Gasteiger partial charge in [-0.2, -0.15) is 5.10 Å². The van der Waals surface area contributed by atoms with E-state index < -0.39 is 6.10 Å². The molecular weight excluding hydrogens is 208 g/mol. The fraction of sp³-hybridized carbons (Fsp3) is 0.600. The Morgan fingerprint density at radius 1 is 1.69 bits per heavy atom. The molecule has 0 aromatic carbocycles. The molecule has 3 N–H and O–H groups in total. The van der Waals surface area contributed by atoms with E-state index in [0.717, 1.165) is 12.8 Å². The summed E-state index contributed by atoms with van der Waals surface area (Å²) in [7, 11) is 1.68. The number of hydrogen-bond donors (Lipinski definition) is 2. The average Bonchev–Trinajstić information content (AvgIpc) is 2.58. The van der Waals surface area contributed by atoms with Gasteiger partial charge in [0.2, 0.25) is 0 Å². The molecule has 6 nitrogen and oxygen atoms in total. The molecule has 1 aliphatic rings. The lowest BCUT2D eigenvalue weighted by Crippen LogP contribution is -2.43. The lowest BCUT2D eigenvalue weighted by molar-refractivity contribution is 0.0465. The van der Waals surface area contributed by atoms with E-state index in [2.05, 4.69) is 5.10 Å². The number of carbonyl (C=O) groups is 1. The number of carbonyl (C=O) groups excluding carboxylic acids is 1. The summed E-state index contributed by atoms with van der Waals surface area (Å²) >= 11 is 0. The zero-order valence-corrected chi connectivity index (χ0v) is 9.26. The van der Waals surface area contributed by atoms with E-state index in [-0.39, 0.29) is 5.91 Å². The van der Waals surface area contributed by atoms with Crippen LogP contribution in [0.1, 0.15) is 23.3 Å². The largest absolute Gasteiger partial charge is 0.396 e. The van der Waals surface area contributed by atoms with Crippen molar-refractivity contribution >= 4 is 11.6 Å². The summed E-state index contributed by atoms with van der Waals surface area (Å²) in [6.07, 6.45) is 2.62. The minimum atomic E-state index is -0.424. The first kappa shape index (κ1) is 10.9. The first-order chi connectivity index (χ1) is 7.59. The van der Waals surface area contributed by atoms with Crippen LogP contribution in [0.15, 0.2) is 6.20 Å². The number of amides is 1. The summed E-state index contributed by atoms with van der Waals surface area (Å²) in [4.78, 5) is 13.7. The smallest absolute Gasteiger partial charge is 0.274 e. The molecule has 16 heavy (non-hydrogen) atoms. The molecule has 6 heteroatoms. The quantitative estimate of drug-likeness (QED) is 0.679. The van der Waals surface area contributed by atoms with E-state index in [1.54, 1.807) is 11.9 Å². The molecule has 1 amide bonds. The van der Waals surface area contributed by atoms with E-state index in [9.17, 15) is 9.90 Å². The zero-order valence-electron chi connectivity index (χ0n) is 9.26. The third-order valence-corrected chi connectivity index (χ3v) is 2.85. The summed E-state index contributed by atoms with van der Waals surface area (Å²) in [6.45, 7) is 1.05. The highest BCUT2D eigenvalue weighted by atomic mass is 16.3. The van der Waals surface area contributed by atoms with Crippen LogP contribution >= 0.6 is 0 Å². The number of likely N-dealkylation sites (tertiary alicyclic amines) is 1. The van der Waals surface area contributed by atoms with Crippen LogP contribution in [0.5, 0.6) is 0 Å². The van der Waals surface area contributed by atoms with E-state index >= 15 is 0 Å². The van der Waals surface area contributed by atoms with Gasteiger partial charge in [-0.25, -0.2) is 0 Å². The van der Waals surface area contributed by atoms with Gasteiger partial charge in [0.05, 0.1) is 18.0 Å². The summed E-state index contributed by atoms with van der Waals surface area (Å²) in [5, 5.41) is 13.4. The highest BCUT2D eigenvalue weighted by Crippen LogP contribution is 2.17. The van der Waals surface area contributed by atoms with Crippen molar-refractivity contribution in [3.05, 3.63) is 11.9 Å². The van der Waals surface area contributed by atoms with E-state index in [1.165, 1.54) is 10.9 Å². The average molecular weight is 224 g/mol. The number of aliphatic hydroxyl groups excluding tert-OH is 1. The van der Waals surface area contributed by atoms with Gasteiger partial charge in [-0.05, 0) is 12.8 Å². The van der Waals surface area contributed by atoms with E-state index in [1.807, 2.05) is 0 Å². The minimum absolute atomic E-state index is 0.156. The normalized spacial score (nSPS) is 21.1. The highest BCUT2D eigenvalue weighted by Gasteiger charge is 2.26. The van der Waals surface area contributed by atoms with Crippen LogP contribution < -0.4 is 5.73 Å². The number of rotatable bonds is 1. The van der Waals surface area contributed by atoms with Crippen molar-refractivity contribution in [1.29, 1.82) is 0 Å². The Bertz CT molecular complexity index is 382. The van der Waals surface area contributed by atoms with Gasteiger partial charge in [0.25, 0.3) is 5.91 Å². The Balaban J connectivity index is 2.18. The molecule has 0 aliphatic carbocycles. The molecule has 1 aromatic heterocycles. The maximum Gasteiger partial charge on any atom is 0.274 e. The lowest BCUT2D eigenvalue weighted by atomic mass is 10.1. The van der Waals surface area contributed by atoms with Crippen molar-refractivity contribution in [1.82, 2.24) is 14.7 Å². The van der Waals surface area contributed by atoms with Gasteiger partial charge in [0, 0.05) is 20.1 Å². The minimum Gasteiger partial charge on any atom is -0.396 e. The fourth-order valence-electron chi connectivity index (χ4n) is 2.01. The van der Waals surface area contributed by atoms with E-state index in [0.29, 0.717) is 24.5 Å². The maximum absolute atomic E-state index is 12.1. The van der Waals surface area contributed by atoms with Crippen LogP contribution in [0.2, 0.25) is 0 Å². The Kier molecular flexibility index (Phi) is 2.82. The second-order valence-electron chi connectivity index (χ2n) is 4.12. The number of nitrogen functional groups attached to an aromatic ring is 1. The van der Waals surface area contributed by atoms with Crippen LogP contribution in [0.25, 0.3) is 0 Å². The van der Waals surface area contributed by atoms with Gasteiger partial charge >= 0.3 is 0 Å². The molecule has 2 rings (SSSR count). The number of aliphatic hydroxyl groups is 1. The first-order valence-corrected chi connectivity index (χ1v) is 5.34. The number of β-amino-alcohol motifs (C(OH)–C–C–N with tert-alkyl or cyclic N) is 1. The molecule has 2 heterocycles. The Hall–Kier alpha value is -1.56. The third-order valence-electron chi connectivity index (χ3n) is 2.85. The molecule has 1 atom stereocenters. The van der Waals surface area contributed by atoms with Crippen LogP contribution in [0.3, 0.4) is 0 Å². The van der Waals surface area contributed by atoms with Crippen molar-refractivity contribution in [3.63, 3.8) is 0 Å². The fourth-order valence-corrected chi connectivity index (χ4v) is 2.01. The second-order valence-corrected chi connectivity index (χ2v) is 4.12. The van der Waals surface area contributed by atoms with Crippen molar-refractivity contribution in [2.24, 2.45) is 7.05 Å². The predicted octanol–water partition coefficient (Wildman–Crippen LogP) is -0.401. The number of hydrogen-bond acceptors (Lipinski definition) is 4. The van der Waals surface area contributed by atoms with Crippen molar-refractivity contribution in [2.45, 2.75) is 18.9 Å². The Morgan fingerprint density at radius 3 is 3.00 bits per heavy atom. The Labute approximate surface area is 93.6 Å². The van der Waals surface area contributed by atoms with Crippen molar-refractivity contribution in [3.8, 4) is 0 Å². The maximum atomic E-state index is 12.1. The molecule has 0 bridgehead atoms. The summed E-state index contributed by atoms with van der Waals surface area (Å²) in [5.74, 6) is -0.156. The zero-order chi connectivity index (χ0) is 11.7. The van der Waals surface area contributed by atoms with Gasteiger partial charge < -0.3 is 15.7 Å². The van der Waals surface area contributed by atoms with Gasteiger partial charge in [0.15, 0.2) is 0 Å². The Morgan fingerprint density at radius 2 is 2.44 bits per heavy atom. The summed E-state index contributed by atoms with van der Waals surface area (Å²) in [6, 6.07) is 0. The number of aryl methyl sites for hydroxylation is 1. The lowest BCUT2D eigenvalue weighted by Gasteiger charge is -2.30. The summed E-state index contributed by atoms with van der Waals surface area (Å²) < 4.78 is 1.47. The molecule has 1 aliphatic heterocycles. The first-order valence-electron chi connectivity index (χ1n) is 5.34. The topological polar surface area (TPSA) is 84.4 Å². The van der Waals surface area contributed by atoms with Gasteiger partial charge in [-0.1, -0.05) is 0 Å². The number of nitrogens with zero attached hydrogens (tertiary/aromatic N) is 3. The molecule has 88 valence electrons. The highest BCUT2D eigenvalue weighted by molar-refractivity contribution is 5.97. The molecule has 0 saturated carbocycles. The molecule has 0 radical (unpaired) electrons. The monoisotopic (exact) mass is 224 g/mol.